The van der Waals surface area contributed by atoms with Gasteiger partial charge in [0.15, 0.2) is 11.5 Å². The van der Waals surface area contributed by atoms with Gasteiger partial charge in [-0.3, -0.25) is 4.79 Å². The Balaban J connectivity index is 1.38. The Morgan fingerprint density at radius 2 is 1.71 bits per heavy atom. The van der Waals surface area contributed by atoms with E-state index < -0.39 is 10.0 Å². The van der Waals surface area contributed by atoms with Gasteiger partial charge in [-0.1, -0.05) is 44.2 Å². The fourth-order valence-electron chi connectivity index (χ4n) is 3.62. The molecule has 0 saturated heterocycles. The topological polar surface area (TPSA) is 106 Å². The van der Waals surface area contributed by atoms with Crippen LogP contribution in [0.3, 0.4) is 0 Å². The van der Waals surface area contributed by atoms with Crippen LogP contribution in [0.15, 0.2) is 77.7 Å². The van der Waals surface area contributed by atoms with E-state index in [1.165, 1.54) is 12.1 Å². The molecule has 1 atom stereocenters. The van der Waals surface area contributed by atoms with E-state index in [0.29, 0.717) is 18.0 Å². The van der Waals surface area contributed by atoms with Crippen LogP contribution in [0.25, 0.3) is 0 Å². The van der Waals surface area contributed by atoms with Gasteiger partial charge in [0, 0.05) is 30.4 Å². The van der Waals surface area contributed by atoms with Gasteiger partial charge in [0.25, 0.3) is 5.91 Å². The van der Waals surface area contributed by atoms with Crippen molar-refractivity contribution in [1.29, 1.82) is 0 Å². The number of sulfonamides is 1. The average Bonchev–Trinajstić information content (AvgIpc) is 3.34. The molecule has 35 heavy (non-hydrogen) atoms. The number of ether oxygens (including phenoxy) is 2. The molecule has 0 fully saturated rings. The largest absolute Gasteiger partial charge is 0.454 e. The zero-order chi connectivity index (χ0) is 24.8. The number of amides is 1. The van der Waals surface area contributed by atoms with Crippen LogP contribution in [0.5, 0.6) is 11.5 Å². The minimum atomic E-state index is -3.83. The van der Waals surface area contributed by atoms with Gasteiger partial charge in [-0.25, -0.2) is 13.1 Å². The van der Waals surface area contributed by atoms with Gasteiger partial charge >= 0.3 is 0 Å². The molecule has 0 radical (unpaired) electrons. The summed E-state index contributed by atoms with van der Waals surface area (Å²) in [7, 11) is -3.83. The van der Waals surface area contributed by atoms with E-state index in [4.69, 9.17) is 9.47 Å². The van der Waals surface area contributed by atoms with Crippen LogP contribution in [0.4, 0.5) is 5.69 Å². The van der Waals surface area contributed by atoms with Crippen LogP contribution in [0.1, 0.15) is 29.8 Å². The fraction of sp³-hybridized carbons (Fsp3) is 0.269. The second kappa shape index (κ2) is 10.8. The van der Waals surface area contributed by atoms with Crippen molar-refractivity contribution in [3.05, 3.63) is 83.9 Å². The monoisotopic (exact) mass is 495 g/mol. The predicted octanol–water partition coefficient (Wildman–Crippen LogP) is 3.76. The highest BCUT2D eigenvalue weighted by Crippen LogP contribution is 2.32. The number of rotatable bonds is 10. The lowest BCUT2D eigenvalue weighted by atomic mass is 10.0. The molecule has 0 bridgehead atoms. The van der Waals surface area contributed by atoms with E-state index in [2.05, 4.69) is 29.2 Å². The normalized spacial score (nSPS) is 13.5. The van der Waals surface area contributed by atoms with Gasteiger partial charge in [0.2, 0.25) is 16.8 Å². The van der Waals surface area contributed by atoms with Crippen molar-refractivity contribution in [3.63, 3.8) is 0 Å². The molecule has 0 saturated carbocycles. The zero-order valence-electron chi connectivity index (χ0n) is 19.7. The van der Waals surface area contributed by atoms with E-state index >= 15 is 0 Å². The molecule has 3 N–H and O–H groups in total. The standard InChI is InChI=1S/C26H29N3O5S/c1-18(2)23(29-21-8-4-3-5-9-21)16-27-26(30)20-7-6-10-22(14-20)35(31,32)28-15-19-11-12-24-25(13-19)34-17-33-24/h3-14,18,23,28-29H,15-17H2,1-2H3,(H,27,30)/t23-/m0/s1. The van der Waals surface area contributed by atoms with E-state index in [1.807, 2.05) is 30.3 Å². The highest BCUT2D eigenvalue weighted by Gasteiger charge is 2.19. The van der Waals surface area contributed by atoms with Crippen LogP contribution in [-0.4, -0.2) is 33.7 Å². The number of fused-ring (bicyclic) bond motifs is 1. The Hall–Kier alpha value is -3.56. The number of carbonyl (C=O) groups is 1. The molecule has 8 nitrogen and oxygen atoms in total. The third kappa shape index (κ3) is 6.32. The van der Waals surface area contributed by atoms with Crippen LogP contribution in [0, 0.1) is 5.92 Å². The second-order valence-corrected chi connectivity index (χ2v) is 10.4. The van der Waals surface area contributed by atoms with Crippen LogP contribution >= 0.6 is 0 Å². The van der Waals surface area contributed by atoms with Crippen molar-refractivity contribution in [2.24, 2.45) is 5.92 Å². The molecule has 4 rings (SSSR count). The predicted molar refractivity (Wildman–Crippen MR) is 134 cm³/mol. The first kappa shape index (κ1) is 24.6. The molecule has 1 aliphatic rings. The molecular weight excluding hydrogens is 466 g/mol. The summed E-state index contributed by atoms with van der Waals surface area (Å²) in [5.41, 5.74) is 1.98. The van der Waals surface area contributed by atoms with Crippen LogP contribution < -0.4 is 24.8 Å². The van der Waals surface area contributed by atoms with E-state index in [-0.39, 0.29) is 41.7 Å². The van der Waals surface area contributed by atoms with Crippen molar-refractivity contribution in [2.75, 3.05) is 18.7 Å². The Labute approximate surface area is 205 Å². The molecule has 184 valence electrons. The molecule has 3 aromatic carbocycles. The highest BCUT2D eigenvalue weighted by atomic mass is 32.2. The minimum absolute atomic E-state index is 0.0108. The van der Waals surface area contributed by atoms with E-state index in [1.54, 1.807) is 30.3 Å². The van der Waals surface area contributed by atoms with Gasteiger partial charge in [-0.15, -0.1) is 0 Å². The maximum absolute atomic E-state index is 12.9. The number of benzene rings is 3. The van der Waals surface area contributed by atoms with Gasteiger partial charge < -0.3 is 20.1 Å². The Morgan fingerprint density at radius 3 is 2.49 bits per heavy atom. The second-order valence-electron chi connectivity index (χ2n) is 8.61. The summed E-state index contributed by atoms with van der Waals surface area (Å²) >= 11 is 0. The summed E-state index contributed by atoms with van der Waals surface area (Å²) < 4.78 is 38.9. The first-order valence-corrected chi connectivity index (χ1v) is 12.9. The smallest absolute Gasteiger partial charge is 0.251 e. The third-order valence-electron chi connectivity index (χ3n) is 5.72. The molecule has 0 aromatic heterocycles. The summed E-state index contributed by atoms with van der Waals surface area (Å²) in [5, 5.41) is 6.35. The third-order valence-corrected chi connectivity index (χ3v) is 7.12. The zero-order valence-corrected chi connectivity index (χ0v) is 20.5. The van der Waals surface area contributed by atoms with Crippen molar-refractivity contribution >= 4 is 21.6 Å². The maximum Gasteiger partial charge on any atom is 0.251 e. The molecule has 9 heteroatoms. The van der Waals surface area contributed by atoms with Gasteiger partial charge in [-0.2, -0.15) is 0 Å². The van der Waals surface area contributed by atoms with Crippen molar-refractivity contribution in [3.8, 4) is 11.5 Å². The molecule has 0 spiro atoms. The molecule has 1 heterocycles. The molecule has 0 aliphatic carbocycles. The number of nitrogens with one attached hydrogen (secondary N) is 3. The maximum atomic E-state index is 12.9. The summed E-state index contributed by atoms with van der Waals surface area (Å²) in [6.07, 6.45) is 0. The first-order valence-electron chi connectivity index (χ1n) is 11.4. The lowest BCUT2D eigenvalue weighted by Crippen LogP contribution is -2.39. The molecular formula is C26H29N3O5S. The lowest BCUT2D eigenvalue weighted by molar-refractivity contribution is 0.0950. The molecule has 1 amide bonds. The summed E-state index contributed by atoms with van der Waals surface area (Å²) in [4.78, 5) is 12.8. The Kier molecular flexibility index (Phi) is 7.57. The summed E-state index contributed by atoms with van der Waals surface area (Å²) in [6.45, 7) is 4.78. The van der Waals surface area contributed by atoms with Gasteiger partial charge in [-0.05, 0) is 53.9 Å². The minimum Gasteiger partial charge on any atom is -0.454 e. The van der Waals surface area contributed by atoms with Crippen LogP contribution in [-0.2, 0) is 16.6 Å². The van der Waals surface area contributed by atoms with Crippen molar-refractivity contribution in [1.82, 2.24) is 10.0 Å². The highest BCUT2D eigenvalue weighted by molar-refractivity contribution is 7.89. The van der Waals surface area contributed by atoms with Gasteiger partial charge in [0.05, 0.1) is 4.90 Å². The quantitative estimate of drug-likeness (QED) is 0.396. The number of hydrogen-bond donors (Lipinski definition) is 3. The number of hydrogen-bond acceptors (Lipinski definition) is 6. The van der Waals surface area contributed by atoms with Crippen molar-refractivity contribution < 1.29 is 22.7 Å². The Morgan fingerprint density at radius 1 is 0.943 bits per heavy atom. The SMILES string of the molecule is CC(C)[C@H](CNC(=O)c1cccc(S(=O)(=O)NCc2ccc3c(c2)OCO3)c1)Nc1ccccc1. The summed E-state index contributed by atoms with van der Waals surface area (Å²) in [5.74, 6) is 1.15. The van der Waals surface area contributed by atoms with Gasteiger partial charge in [0.1, 0.15) is 0 Å². The average molecular weight is 496 g/mol. The summed E-state index contributed by atoms with van der Waals surface area (Å²) in [6, 6.07) is 21.1. The van der Waals surface area contributed by atoms with E-state index in [9.17, 15) is 13.2 Å². The fourth-order valence-corrected chi connectivity index (χ4v) is 4.69. The number of para-hydroxylation sites is 1. The number of carbonyl (C=O) groups excluding carboxylic acids is 1. The molecule has 0 unspecified atom stereocenters. The Bertz CT molecular complexity index is 1280. The first-order chi connectivity index (χ1) is 16.8. The van der Waals surface area contributed by atoms with Crippen LogP contribution in [0.2, 0.25) is 0 Å². The lowest BCUT2D eigenvalue weighted by Gasteiger charge is -2.24. The molecule has 3 aromatic rings. The van der Waals surface area contributed by atoms with E-state index in [0.717, 1.165) is 11.3 Å². The number of anilines is 1. The van der Waals surface area contributed by atoms with Crippen molar-refractivity contribution in [2.45, 2.75) is 31.3 Å². The molecule has 1 aliphatic heterocycles.